The summed E-state index contributed by atoms with van der Waals surface area (Å²) in [5.74, 6) is 3.73. The van der Waals surface area contributed by atoms with E-state index < -0.39 is 11.5 Å². The van der Waals surface area contributed by atoms with Crippen molar-refractivity contribution in [2.75, 3.05) is 6.61 Å². The number of Topliss-reactive ketones (excluding diaryl/α,β-unsaturated/α-hetero) is 1. The average Bonchev–Trinajstić information content (AvgIpc) is 3.53. The molecule has 3 saturated carbocycles. The van der Waals surface area contributed by atoms with Crippen LogP contribution in [0.5, 0.6) is 0 Å². The molecule has 0 aromatic rings. The van der Waals surface area contributed by atoms with Gasteiger partial charge in [-0.05, 0) is 103 Å². The zero-order chi connectivity index (χ0) is 26.6. The minimum Gasteiger partial charge on any atom is -0.463 e. The Hall–Kier alpha value is -1.20. The molecule has 0 aliphatic heterocycles. The van der Waals surface area contributed by atoms with Gasteiger partial charge in [-0.3, -0.25) is 9.59 Å². The first-order valence-electron chi connectivity index (χ1n) is 14.6. The Bertz CT molecular complexity index is 878. The lowest BCUT2D eigenvalue weighted by atomic mass is 9.55. The van der Waals surface area contributed by atoms with Gasteiger partial charge < -0.3 is 14.9 Å². The maximum Gasteiger partial charge on any atom is 0.302 e. The molecule has 3 fully saturated rings. The fourth-order valence-corrected chi connectivity index (χ4v) is 8.90. The van der Waals surface area contributed by atoms with Crippen molar-refractivity contribution in [1.82, 2.24) is 0 Å². The molecule has 36 heavy (non-hydrogen) atoms. The molecule has 0 radical (unpaired) electrons. The molecule has 0 spiro atoms. The van der Waals surface area contributed by atoms with Crippen molar-refractivity contribution in [3.63, 3.8) is 0 Å². The van der Waals surface area contributed by atoms with Gasteiger partial charge >= 0.3 is 5.97 Å². The molecule has 0 amide bonds. The van der Waals surface area contributed by atoms with Crippen molar-refractivity contribution in [3.05, 3.63) is 11.6 Å². The summed E-state index contributed by atoms with van der Waals surface area (Å²) in [7, 11) is 0. The molecule has 5 nitrogen and oxygen atoms in total. The number of carbonyl (C=O) groups is 2. The number of aliphatic hydroxyl groups excluding tert-OH is 2. The van der Waals surface area contributed by atoms with Crippen LogP contribution in [0.15, 0.2) is 11.6 Å². The third-order valence-corrected chi connectivity index (χ3v) is 11.6. The molecular weight excluding hydrogens is 452 g/mol. The van der Waals surface area contributed by atoms with Gasteiger partial charge in [0.25, 0.3) is 0 Å². The van der Waals surface area contributed by atoms with Crippen LogP contribution in [-0.2, 0) is 14.3 Å². The van der Waals surface area contributed by atoms with E-state index in [-0.39, 0.29) is 41.7 Å². The van der Waals surface area contributed by atoms with Crippen molar-refractivity contribution < 1.29 is 24.5 Å². The van der Waals surface area contributed by atoms with Crippen molar-refractivity contribution in [2.24, 2.45) is 58.2 Å². The number of carbonyl (C=O) groups excluding carboxylic acids is 2. The number of ether oxygens (including phenoxy) is 1. The summed E-state index contributed by atoms with van der Waals surface area (Å²) >= 11 is 0. The summed E-state index contributed by atoms with van der Waals surface area (Å²) in [6.45, 7) is 15.3. The number of fused-ring (bicyclic) bond motifs is 1. The molecule has 0 bridgehead atoms. The topological polar surface area (TPSA) is 83.8 Å². The molecule has 0 aromatic carbocycles. The van der Waals surface area contributed by atoms with E-state index in [2.05, 4.69) is 34.6 Å². The second-order valence-corrected chi connectivity index (χ2v) is 13.7. The lowest BCUT2D eigenvalue weighted by Crippen LogP contribution is -2.52. The number of ketones is 1. The first-order valence-corrected chi connectivity index (χ1v) is 14.6. The van der Waals surface area contributed by atoms with Crippen LogP contribution < -0.4 is 0 Å². The largest absolute Gasteiger partial charge is 0.463 e. The van der Waals surface area contributed by atoms with E-state index in [0.717, 1.165) is 36.2 Å². The summed E-state index contributed by atoms with van der Waals surface area (Å²) in [6.07, 6.45) is 6.75. The lowest BCUT2D eigenvalue weighted by molar-refractivity contribution is -0.155. The highest BCUT2D eigenvalue weighted by Crippen LogP contribution is 2.63. The van der Waals surface area contributed by atoms with Crippen molar-refractivity contribution in [2.45, 2.75) is 106 Å². The predicted octanol–water partition coefficient (Wildman–Crippen LogP) is 5.57. The number of aliphatic hydroxyl groups is 2. The second-order valence-electron chi connectivity index (χ2n) is 13.7. The third kappa shape index (κ3) is 4.72. The molecule has 0 aromatic heterocycles. The standard InChI is InChI=1S/C31H50O5/c1-17(2)18(3)22-15-23(22)19(4)25-8-9-26(30(25,6)12-13-32)24-16-28(34)27-14-21(36-20(5)33)10-11-31(27,7)29(24)35/h16-19,21-23,25-28,32,34H,8-15H2,1-7H3/t18-,19-,21+,22-,23-,25-,26+,27-,28+,30-,31+/m1/s1. The van der Waals surface area contributed by atoms with Crippen LogP contribution >= 0.6 is 0 Å². The van der Waals surface area contributed by atoms with E-state index in [4.69, 9.17) is 4.74 Å². The fraction of sp³-hybridized carbons (Fsp3) is 0.871. The molecule has 0 unspecified atom stereocenters. The van der Waals surface area contributed by atoms with Crippen LogP contribution in [0.2, 0.25) is 0 Å². The summed E-state index contributed by atoms with van der Waals surface area (Å²) in [5, 5.41) is 21.4. The summed E-state index contributed by atoms with van der Waals surface area (Å²) in [5.41, 5.74) is 0.0284. The summed E-state index contributed by atoms with van der Waals surface area (Å²) in [6, 6.07) is 0. The first kappa shape index (κ1) is 27.8. The molecule has 2 N–H and O–H groups in total. The van der Waals surface area contributed by atoms with Gasteiger partial charge in [0.05, 0.1) is 6.10 Å². The molecule has 5 heteroatoms. The Morgan fingerprint density at radius 3 is 2.42 bits per heavy atom. The van der Waals surface area contributed by atoms with Gasteiger partial charge in [-0.25, -0.2) is 0 Å². The minimum atomic E-state index is -0.712. The Morgan fingerprint density at radius 1 is 1.11 bits per heavy atom. The first-order chi connectivity index (χ1) is 16.8. The highest BCUT2D eigenvalue weighted by atomic mass is 16.5. The van der Waals surface area contributed by atoms with Crippen LogP contribution in [0.4, 0.5) is 0 Å². The van der Waals surface area contributed by atoms with Crippen molar-refractivity contribution in [1.29, 1.82) is 0 Å². The number of hydrogen-bond donors (Lipinski definition) is 2. The molecule has 4 aliphatic rings. The third-order valence-electron chi connectivity index (χ3n) is 11.6. The zero-order valence-corrected chi connectivity index (χ0v) is 23.6. The molecular formula is C31H50O5. The molecule has 11 atom stereocenters. The lowest BCUT2D eigenvalue weighted by Gasteiger charge is -2.49. The number of allylic oxidation sites excluding steroid dienone is 1. The predicted molar refractivity (Wildman–Crippen MR) is 141 cm³/mol. The SMILES string of the molecule is CC(=O)O[C@H]1CC[C@]2(C)C(=O)C([C@@H]3CC[C@H]([C@H](C)[C@H]4C[C@@H]4[C@H](C)C(C)C)[C@@]3(C)CCO)=C[C@H](O)[C@H]2C1. The van der Waals surface area contributed by atoms with Crippen LogP contribution in [0.1, 0.15) is 93.4 Å². The monoisotopic (exact) mass is 502 g/mol. The fourth-order valence-electron chi connectivity index (χ4n) is 8.90. The molecule has 0 saturated heterocycles. The number of hydrogen-bond acceptors (Lipinski definition) is 5. The zero-order valence-electron chi connectivity index (χ0n) is 23.6. The smallest absolute Gasteiger partial charge is 0.302 e. The molecule has 4 aliphatic carbocycles. The van der Waals surface area contributed by atoms with Crippen LogP contribution in [0, 0.1) is 58.2 Å². The van der Waals surface area contributed by atoms with Gasteiger partial charge in [0, 0.05) is 24.9 Å². The van der Waals surface area contributed by atoms with Crippen LogP contribution in [0.3, 0.4) is 0 Å². The normalized spacial score (nSPS) is 44.1. The van der Waals surface area contributed by atoms with Crippen LogP contribution in [0.25, 0.3) is 0 Å². The van der Waals surface area contributed by atoms with Gasteiger partial charge in [0.2, 0.25) is 0 Å². The van der Waals surface area contributed by atoms with Crippen molar-refractivity contribution in [3.8, 4) is 0 Å². The summed E-state index contributed by atoms with van der Waals surface area (Å²) < 4.78 is 5.46. The van der Waals surface area contributed by atoms with Crippen LogP contribution in [-0.4, -0.2) is 40.8 Å². The minimum absolute atomic E-state index is 0.0722. The van der Waals surface area contributed by atoms with Crippen molar-refractivity contribution >= 4 is 11.8 Å². The van der Waals surface area contributed by atoms with Gasteiger partial charge in [0.15, 0.2) is 5.78 Å². The van der Waals surface area contributed by atoms with Gasteiger partial charge in [-0.2, -0.15) is 0 Å². The van der Waals surface area contributed by atoms with E-state index in [0.29, 0.717) is 43.4 Å². The van der Waals surface area contributed by atoms with Gasteiger partial charge in [0.1, 0.15) is 6.10 Å². The Morgan fingerprint density at radius 2 is 1.81 bits per heavy atom. The summed E-state index contributed by atoms with van der Waals surface area (Å²) in [4.78, 5) is 25.6. The van der Waals surface area contributed by atoms with E-state index >= 15 is 0 Å². The quantitative estimate of drug-likeness (QED) is 0.424. The van der Waals surface area contributed by atoms with E-state index in [9.17, 15) is 19.8 Å². The highest BCUT2D eigenvalue weighted by Gasteiger charge is 2.59. The van der Waals surface area contributed by atoms with E-state index in [1.807, 2.05) is 13.0 Å². The average molecular weight is 503 g/mol. The molecule has 0 heterocycles. The Balaban J connectivity index is 1.57. The number of esters is 1. The second kappa shape index (κ2) is 10.2. The maximum absolute atomic E-state index is 14.1. The number of rotatable bonds is 8. The molecule has 204 valence electrons. The highest BCUT2D eigenvalue weighted by molar-refractivity contribution is 6.01. The Kier molecular flexibility index (Phi) is 7.86. The van der Waals surface area contributed by atoms with E-state index in [1.54, 1.807) is 0 Å². The molecule has 4 rings (SSSR count). The van der Waals surface area contributed by atoms with E-state index in [1.165, 1.54) is 13.3 Å². The Labute approximate surface area is 218 Å². The van der Waals surface area contributed by atoms with Gasteiger partial charge in [-0.1, -0.05) is 41.5 Å². The van der Waals surface area contributed by atoms with Gasteiger partial charge in [-0.15, -0.1) is 0 Å². The maximum atomic E-state index is 14.1.